The van der Waals surface area contributed by atoms with E-state index >= 15 is 0 Å². The van der Waals surface area contributed by atoms with Crippen LogP contribution in [0, 0.1) is 13.8 Å². The Kier molecular flexibility index (Phi) is 5.96. The number of amides is 1. The maximum atomic E-state index is 12.0. The highest BCUT2D eigenvalue weighted by Crippen LogP contribution is 2.23. The van der Waals surface area contributed by atoms with Crippen LogP contribution in [0.2, 0.25) is 0 Å². The fourth-order valence-corrected chi connectivity index (χ4v) is 3.77. The molecule has 0 saturated heterocycles. The van der Waals surface area contributed by atoms with E-state index in [0.717, 1.165) is 19.8 Å². The second-order valence-corrected chi connectivity index (χ2v) is 7.53. The predicted molar refractivity (Wildman–Crippen MR) is 94.8 cm³/mol. The van der Waals surface area contributed by atoms with E-state index in [1.165, 1.54) is 11.3 Å². The highest BCUT2D eigenvalue weighted by molar-refractivity contribution is 9.10. The number of hydrogen-bond donors (Lipinski definition) is 1. The Morgan fingerprint density at radius 2 is 2.00 bits per heavy atom. The first-order valence-electron chi connectivity index (χ1n) is 7.16. The Bertz CT molecular complexity index is 726. The number of hydrogen-bond acceptors (Lipinski definition) is 4. The first kappa shape index (κ1) is 17.7. The summed E-state index contributed by atoms with van der Waals surface area (Å²) in [6.45, 7) is 5.39. The van der Waals surface area contributed by atoms with Gasteiger partial charge in [-0.05, 0) is 38.5 Å². The quantitative estimate of drug-likeness (QED) is 0.773. The summed E-state index contributed by atoms with van der Waals surface area (Å²) in [5.41, 5.74) is 1.50. The average Bonchev–Trinajstić information content (AvgIpc) is 2.84. The predicted octanol–water partition coefficient (Wildman–Crippen LogP) is 4.16. The van der Waals surface area contributed by atoms with Crippen molar-refractivity contribution in [3.63, 3.8) is 0 Å². The Labute approximate surface area is 148 Å². The molecule has 0 unspecified atom stereocenters. The van der Waals surface area contributed by atoms with Gasteiger partial charge in [-0.2, -0.15) is 0 Å². The highest BCUT2D eigenvalue weighted by atomic mass is 79.9. The van der Waals surface area contributed by atoms with Crippen molar-refractivity contribution in [2.75, 3.05) is 6.61 Å². The molecule has 0 aliphatic heterocycles. The molecule has 1 heterocycles. The van der Waals surface area contributed by atoms with Crippen molar-refractivity contribution in [1.82, 2.24) is 5.32 Å². The lowest BCUT2D eigenvalue weighted by Gasteiger charge is -2.15. The summed E-state index contributed by atoms with van der Waals surface area (Å²) < 4.78 is 6.02. The molecule has 122 valence electrons. The van der Waals surface area contributed by atoms with Gasteiger partial charge in [-0.3, -0.25) is 4.79 Å². The van der Waals surface area contributed by atoms with E-state index < -0.39 is 5.97 Å². The first-order valence-corrected chi connectivity index (χ1v) is 8.77. The normalized spacial score (nSPS) is 11.8. The van der Waals surface area contributed by atoms with Crippen molar-refractivity contribution >= 4 is 39.1 Å². The molecule has 0 aliphatic rings. The molecular weight excluding hydrogens is 378 g/mol. The van der Waals surface area contributed by atoms with E-state index in [1.54, 1.807) is 6.07 Å². The van der Waals surface area contributed by atoms with Crippen LogP contribution in [0.15, 0.2) is 34.8 Å². The third-order valence-corrected chi connectivity index (χ3v) is 5.03. The number of nitrogens with one attached hydrogen (secondary N) is 1. The summed E-state index contributed by atoms with van der Waals surface area (Å²) in [6, 6.07) is 9.27. The van der Waals surface area contributed by atoms with E-state index in [-0.39, 0.29) is 18.6 Å². The van der Waals surface area contributed by atoms with Crippen LogP contribution in [0.4, 0.5) is 0 Å². The largest absolute Gasteiger partial charge is 0.452 e. The minimum Gasteiger partial charge on any atom is -0.452 e. The van der Waals surface area contributed by atoms with Crippen LogP contribution < -0.4 is 5.32 Å². The zero-order chi connectivity index (χ0) is 17.0. The average molecular weight is 396 g/mol. The molecule has 1 aromatic carbocycles. The number of halogens is 1. The Morgan fingerprint density at radius 3 is 2.61 bits per heavy atom. The van der Waals surface area contributed by atoms with E-state index in [9.17, 15) is 9.59 Å². The minimum absolute atomic E-state index is 0.179. The molecule has 0 bridgehead atoms. The van der Waals surface area contributed by atoms with Crippen molar-refractivity contribution in [3.8, 4) is 0 Å². The van der Waals surface area contributed by atoms with Gasteiger partial charge in [0, 0.05) is 14.2 Å². The number of benzene rings is 1. The van der Waals surface area contributed by atoms with E-state index in [2.05, 4.69) is 21.2 Å². The number of carbonyl (C=O) groups is 2. The highest BCUT2D eigenvalue weighted by Gasteiger charge is 2.16. The molecule has 0 saturated carbocycles. The maximum absolute atomic E-state index is 12.0. The monoisotopic (exact) mass is 395 g/mol. The van der Waals surface area contributed by atoms with Gasteiger partial charge >= 0.3 is 5.97 Å². The summed E-state index contributed by atoms with van der Waals surface area (Å²) in [5.74, 6) is -0.790. The lowest BCUT2D eigenvalue weighted by Crippen LogP contribution is -2.31. The molecule has 2 aromatic rings. The van der Waals surface area contributed by atoms with Gasteiger partial charge < -0.3 is 10.1 Å². The van der Waals surface area contributed by atoms with Gasteiger partial charge in [0.15, 0.2) is 6.61 Å². The van der Waals surface area contributed by atoms with Crippen molar-refractivity contribution < 1.29 is 14.3 Å². The molecule has 0 fully saturated rings. The van der Waals surface area contributed by atoms with Crippen LogP contribution in [0.5, 0.6) is 0 Å². The summed E-state index contributed by atoms with van der Waals surface area (Å²) in [5, 5.41) is 2.82. The van der Waals surface area contributed by atoms with Gasteiger partial charge in [-0.25, -0.2) is 4.79 Å². The standard InChI is InChI=1S/C17H18BrNO3S/c1-10-8-14(12(3)23-10)17(21)22-9-16(20)19-11(2)13-6-4-5-7-15(13)18/h4-8,11H,9H2,1-3H3,(H,19,20)/t11-/m0/s1. The van der Waals surface area contributed by atoms with Crippen molar-refractivity contribution in [1.29, 1.82) is 0 Å². The number of carbonyl (C=O) groups excluding carboxylic acids is 2. The summed E-state index contributed by atoms with van der Waals surface area (Å²) in [4.78, 5) is 25.9. The number of ether oxygens (including phenoxy) is 1. The molecule has 1 atom stereocenters. The first-order chi connectivity index (χ1) is 10.9. The molecule has 23 heavy (non-hydrogen) atoms. The van der Waals surface area contributed by atoms with Gasteiger partial charge in [0.25, 0.3) is 5.91 Å². The number of esters is 1. The Hall–Kier alpha value is -1.66. The third kappa shape index (κ3) is 4.65. The maximum Gasteiger partial charge on any atom is 0.339 e. The van der Waals surface area contributed by atoms with E-state index in [0.29, 0.717) is 5.56 Å². The summed E-state index contributed by atoms with van der Waals surface area (Å²) in [7, 11) is 0. The van der Waals surface area contributed by atoms with Crippen molar-refractivity contribution in [2.24, 2.45) is 0 Å². The molecule has 4 nitrogen and oxygen atoms in total. The van der Waals surface area contributed by atoms with Crippen LogP contribution in [-0.4, -0.2) is 18.5 Å². The topological polar surface area (TPSA) is 55.4 Å². The van der Waals surface area contributed by atoms with Crippen molar-refractivity contribution in [3.05, 3.63) is 55.7 Å². The van der Waals surface area contributed by atoms with Gasteiger partial charge in [0.2, 0.25) is 0 Å². The summed E-state index contributed by atoms with van der Waals surface area (Å²) in [6.07, 6.45) is 0. The van der Waals surface area contributed by atoms with Crippen LogP contribution >= 0.6 is 27.3 Å². The SMILES string of the molecule is Cc1cc(C(=O)OCC(=O)N[C@@H](C)c2ccccc2Br)c(C)s1. The van der Waals surface area contributed by atoms with Crippen LogP contribution in [0.3, 0.4) is 0 Å². The van der Waals surface area contributed by atoms with Gasteiger partial charge in [0.05, 0.1) is 11.6 Å². The molecule has 1 amide bonds. The molecule has 0 spiro atoms. The second-order valence-electron chi connectivity index (χ2n) is 5.21. The number of rotatable bonds is 5. The number of thiophene rings is 1. The van der Waals surface area contributed by atoms with Crippen LogP contribution in [0.1, 0.15) is 38.6 Å². The lowest BCUT2D eigenvalue weighted by atomic mass is 10.1. The molecule has 6 heteroatoms. The van der Waals surface area contributed by atoms with Gasteiger partial charge in [-0.15, -0.1) is 11.3 Å². The van der Waals surface area contributed by atoms with Crippen LogP contribution in [-0.2, 0) is 9.53 Å². The Morgan fingerprint density at radius 1 is 1.30 bits per heavy atom. The molecule has 2 rings (SSSR count). The Balaban J connectivity index is 1.89. The lowest BCUT2D eigenvalue weighted by molar-refractivity contribution is -0.124. The smallest absolute Gasteiger partial charge is 0.339 e. The van der Waals surface area contributed by atoms with Gasteiger partial charge in [0.1, 0.15) is 0 Å². The van der Waals surface area contributed by atoms with Gasteiger partial charge in [-0.1, -0.05) is 34.1 Å². The summed E-state index contributed by atoms with van der Waals surface area (Å²) >= 11 is 4.99. The third-order valence-electron chi connectivity index (χ3n) is 3.34. The second kappa shape index (κ2) is 7.75. The zero-order valence-corrected chi connectivity index (χ0v) is 15.6. The van der Waals surface area contributed by atoms with Crippen molar-refractivity contribution in [2.45, 2.75) is 26.8 Å². The van der Waals surface area contributed by atoms with E-state index in [1.807, 2.05) is 45.0 Å². The minimum atomic E-state index is -0.462. The fourth-order valence-electron chi connectivity index (χ4n) is 2.23. The molecule has 0 aliphatic carbocycles. The van der Waals surface area contributed by atoms with Crippen LogP contribution in [0.25, 0.3) is 0 Å². The number of aryl methyl sites for hydroxylation is 2. The zero-order valence-electron chi connectivity index (χ0n) is 13.2. The fraction of sp³-hybridized carbons (Fsp3) is 0.294. The molecule has 1 aromatic heterocycles. The molecule has 0 radical (unpaired) electrons. The van der Waals surface area contributed by atoms with E-state index in [4.69, 9.17) is 4.74 Å². The molecule has 1 N–H and O–H groups in total. The molecular formula is C17H18BrNO3S.